The fraction of sp³-hybridized carbons (Fsp3) is 0.0769. The minimum Gasteiger partial charge on any atom is -0.345 e. The maximum absolute atomic E-state index is 9.30. The molecule has 2 aromatic heterocycles. The third-order valence-electron chi connectivity index (χ3n) is 2.75. The normalized spacial score (nSPS) is 12.2. The van der Waals surface area contributed by atoms with Gasteiger partial charge in [-0.05, 0) is 23.8 Å². The standard InChI is InChI=1S/C13H9N5/c14-7-10(13-15-4-1-5-16-13)9-2-3-11-12(6-9)18-8-17-11/h1-6,8,10H,(H,17,18). The predicted octanol–water partition coefficient (Wildman–Crippen LogP) is 2.01. The fourth-order valence-electron chi connectivity index (χ4n) is 1.87. The first-order chi connectivity index (χ1) is 8.88. The maximum Gasteiger partial charge on any atom is 0.149 e. The van der Waals surface area contributed by atoms with E-state index in [1.165, 1.54) is 0 Å². The zero-order valence-electron chi connectivity index (χ0n) is 9.41. The average molecular weight is 235 g/mol. The van der Waals surface area contributed by atoms with Gasteiger partial charge in [0, 0.05) is 12.4 Å². The summed E-state index contributed by atoms with van der Waals surface area (Å²) in [6.07, 6.45) is 4.91. The van der Waals surface area contributed by atoms with Gasteiger partial charge in [0.15, 0.2) is 0 Å². The average Bonchev–Trinajstić information content (AvgIpc) is 2.88. The molecule has 0 aliphatic carbocycles. The van der Waals surface area contributed by atoms with E-state index in [9.17, 15) is 5.26 Å². The summed E-state index contributed by atoms with van der Waals surface area (Å²) in [7, 11) is 0. The summed E-state index contributed by atoms with van der Waals surface area (Å²) in [4.78, 5) is 15.4. The van der Waals surface area contributed by atoms with Crippen LogP contribution in [0.15, 0.2) is 43.0 Å². The Bertz CT molecular complexity index is 711. The highest BCUT2D eigenvalue weighted by Crippen LogP contribution is 2.23. The number of hydrogen-bond acceptors (Lipinski definition) is 4. The van der Waals surface area contributed by atoms with Crippen LogP contribution in [0.25, 0.3) is 11.0 Å². The molecule has 1 atom stereocenters. The van der Waals surface area contributed by atoms with Crippen LogP contribution in [0.5, 0.6) is 0 Å². The lowest BCUT2D eigenvalue weighted by Gasteiger charge is -2.07. The van der Waals surface area contributed by atoms with Crippen molar-refractivity contribution in [3.05, 3.63) is 54.4 Å². The summed E-state index contributed by atoms with van der Waals surface area (Å²) in [6.45, 7) is 0. The van der Waals surface area contributed by atoms with E-state index in [1.54, 1.807) is 24.8 Å². The second-order valence-electron chi connectivity index (χ2n) is 3.85. The van der Waals surface area contributed by atoms with Gasteiger partial charge < -0.3 is 4.98 Å². The van der Waals surface area contributed by atoms with Crippen molar-refractivity contribution in [3.8, 4) is 6.07 Å². The predicted molar refractivity (Wildman–Crippen MR) is 65.6 cm³/mol. The van der Waals surface area contributed by atoms with Gasteiger partial charge in [0.2, 0.25) is 0 Å². The first-order valence-corrected chi connectivity index (χ1v) is 5.48. The Hall–Kier alpha value is -2.74. The lowest BCUT2D eigenvalue weighted by molar-refractivity contribution is 0.891. The quantitative estimate of drug-likeness (QED) is 0.736. The van der Waals surface area contributed by atoms with Gasteiger partial charge in [-0.3, -0.25) is 0 Å². The molecule has 0 aliphatic heterocycles. The number of rotatable bonds is 2. The summed E-state index contributed by atoms with van der Waals surface area (Å²) < 4.78 is 0. The molecule has 1 aromatic carbocycles. The van der Waals surface area contributed by atoms with Gasteiger partial charge in [0.05, 0.1) is 23.4 Å². The van der Waals surface area contributed by atoms with Crippen molar-refractivity contribution in [3.63, 3.8) is 0 Å². The molecule has 0 saturated heterocycles. The first-order valence-electron chi connectivity index (χ1n) is 5.48. The summed E-state index contributed by atoms with van der Waals surface area (Å²) >= 11 is 0. The summed E-state index contributed by atoms with van der Waals surface area (Å²) in [5, 5.41) is 9.30. The van der Waals surface area contributed by atoms with Crippen molar-refractivity contribution in [1.82, 2.24) is 19.9 Å². The molecule has 0 radical (unpaired) electrons. The van der Waals surface area contributed by atoms with E-state index in [4.69, 9.17) is 0 Å². The number of aromatic amines is 1. The van der Waals surface area contributed by atoms with Crippen LogP contribution in [-0.2, 0) is 0 Å². The number of aromatic nitrogens is 4. The molecule has 3 aromatic rings. The van der Waals surface area contributed by atoms with Gasteiger partial charge in [-0.1, -0.05) is 6.07 Å². The van der Waals surface area contributed by atoms with Crippen molar-refractivity contribution in [2.45, 2.75) is 5.92 Å². The van der Waals surface area contributed by atoms with E-state index in [2.05, 4.69) is 26.0 Å². The Morgan fingerprint density at radius 1 is 1.17 bits per heavy atom. The highest BCUT2D eigenvalue weighted by Gasteiger charge is 2.16. The molecule has 0 spiro atoms. The maximum atomic E-state index is 9.30. The van der Waals surface area contributed by atoms with Gasteiger partial charge in [0.25, 0.3) is 0 Å². The van der Waals surface area contributed by atoms with Gasteiger partial charge >= 0.3 is 0 Å². The van der Waals surface area contributed by atoms with E-state index in [-0.39, 0.29) is 0 Å². The minimum atomic E-state index is -0.459. The van der Waals surface area contributed by atoms with E-state index in [0.717, 1.165) is 16.6 Å². The Kier molecular flexibility index (Phi) is 2.47. The van der Waals surface area contributed by atoms with Gasteiger partial charge in [0.1, 0.15) is 11.7 Å². The molecule has 1 N–H and O–H groups in total. The second-order valence-corrected chi connectivity index (χ2v) is 3.85. The van der Waals surface area contributed by atoms with Gasteiger partial charge in [-0.15, -0.1) is 0 Å². The highest BCUT2D eigenvalue weighted by molar-refractivity contribution is 5.75. The Morgan fingerprint density at radius 3 is 2.78 bits per heavy atom. The van der Waals surface area contributed by atoms with Crippen LogP contribution in [0.4, 0.5) is 0 Å². The number of imidazole rings is 1. The SMILES string of the molecule is N#CC(c1ccc2nc[nH]c2c1)c1ncccn1. The topological polar surface area (TPSA) is 78.2 Å². The number of hydrogen-bond donors (Lipinski definition) is 1. The monoisotopic (exact) mass is 235 g/mol. The molecule has 0 fully saturated rings. The molecule has 0 aliphatic rings. The molecule has 5 nitrogen and oxygen atoms in total. The number of benzene rings is 1. The Morgan fingerprint density at radius 2 is 2.00 bits per heavy atom. The fourth-order valence-corrected chi connectivity index (χ4v) is 1.87. The van der Waals surface area contributed by atoms with E-state index >= 15 is 0 Å². The Labute approximate surface area is 103 Å². The smallest absolute Gasteiger partial charge is 0.149 e. The summed E-state index contributed by atoms with van der Waals surface area (Å²) in [5.74, 6) is 0.0535. The van der Waals surface area contributed by atoms with Crippen LogP contribution in [0.3, 0.4) is 0 Å². The summed E-state index contributed by atoms with van der Waals surface area (Å²) in [5.41, 5.74) is 2.65. The highest BCUT2D eigenvalue weighted by atomic mass is 14.9. The third-order valence-corrected chi connectivity index (χ3v) is 2.75. The lowest BCUT2D eigenvalue weighted by atomic mass is 9.99. The number of fused-ring (bicyclic) bond motifs is 1. The molecule has 0 amide bonds. The van der Waals surface area contributed by atoms with E-state index in [1.807, 2.05) is 18.2 Å². The number of nitrogens with one attached hydrogen (secondary N) is 1. The number of nitriles is 1. The molecule has 5 heteroatoms. The molecule has 1 unspecified atom stereocenters. The van der Waals surface area contributed by atoms with Crippen molar-refractivity contribution >= 4 is 11.0 Å². The molecule has 0 saturated carbocycles. The molecule has 0 bridgehead atoms. The zero-order chi connectivity index (χ0) is 12.4. The van der Waals surface area contributed by atoms with Crippen molar-refractivity contribution in [2.24, 2.45) is 0 Å². The lowest BCUT2D eigenvalue weighted by Crippen LogP contribution is -2.03. The van der Waals surface area contributed by atoms with Crippen molar-refractivity contribution in [2.75, 3.05) is 0 Å². The molecule has 18 heavy (non-hydrogen) atoms. The van der Waals surface area contributed by atoms with Gasteiger partial charge in [-0.2, -0.15) is 5.26 Å². The van der Waals surface area contributed by atoms with Crippen LogP contribution < -0.4 is 0 Å². The molecule has 3 rings (SSSR count). The molecular weight excluding hydrogens is 226 g/mol. The van der Waals surface area contributed by atoms with Crippen LogP contribution in [0, 0.1) is 11.3 Å². The van der Waals surface area contributed by atoms with E-state index < -0.39 is 5.92 Å². The second kappa shape index (κ2) is 4.26. The molecule has 86 valence electrons. The van der Waals surface area contributed by atoms with Crippen molar-refractivity contribution < 1.29 is 0 Å². The first kappa shape index (κ1) is 10.4. The van der Waals surface area contributed by atoms with Crippen LogP contribution in [0.2, 0.25) is 0 Å². The molecular formula is C13H9N5. The summed E-state index contributed by atoms with van der Waals surface area (Å²) in [6, 6.07) is 9.64. The van der Waals surface area contributed by atoms with Crippen molar-refractivity contribution in [1.29, 1.82) is 5.26 Å². The third kappa shape index (κ3) is 1.70. The largest absolute Gasteiger partial charge is 0.345 e. The van der Waals surface area contributed by atoms with E-state index in [0.29, 0.717) is 5.82 Å². The Balaban J connectivity index is 2.09. The van der Waals surface area contributed by atoms with Crippen LogP contribution >= 0.6 is 0 Å². The minimum absolute atomic E-state index is 0.459. The van der Waals surface area contributed by atoms with Gasteiger partial charge in [-0.25, -0.2) is 15.0 Å². The zero-order valence-corrected chi connectivity index (χ0v) is 9.41. The number of H-pyrrole nitrogens is 1. The molecule has 2 heterocycles. The van der Waals surface area contributed by atoms with Crippen LogP contribution in [0.1, 0.15) is 17.3 Å². The number of nitrogens with zero attached hydrogens (tertiary/aromatic N) is 4. The van der Waals surface area contributed by atoms with Crippen LogP contribution in [-0.4, -0.2) is 19.9 Å².